The highest BCUT2D eigenvalue weighted by molar-refractivity contribution is 7.80. The lowest BCUT2D eigenvalue weighted by Crippen LogP contribution is -2.32. The van der Waals surface area contributed by atoms with Crippen LogP contribution in [0.5, 0.6) is 0 Å². The molecule has 6 heteroatoms. The number of halogens is 2. The van der Waals surface area contributed by atoms with Gasteiger partial charge in [-0.2, -0.15) is 0 Å². The molecule has 0 radical (unpaired) electrons. The first kappa shape index (κ1) is 11.5. The van der Waals surface area contributed by atoms with Crippen LogP contribution in [0.4, 0.5) is 8.78 Å². The van der Waals surface area contributed by atoms with Gasteiger partial charge in [0.25, 0.3) is 5.91 Å². The molecule has 1 aromatic rings. The molecule has 0 unspecified atom stereocenters. The number of thiocarbonyl (C=S) groups is 1. The molecule has 1 aromatic carbocycles. The van der Waals surface area contributed by atoms with E-state index in [1.165, 1.54) is 12.1 Å². The van der Waals surface area contributed by atoms with Gasteiger partial charge in [-0.1, -0.05) is 18.3 Å². The number of carbonyl (C=O) groups excluding carboxylic acids is 1. The van der Waals surface area contributed by atoms with Crippen LogP contribution in [0.2, 0.25) is 0 Å². The lowest BCUT2D eigenvalue weighted by atomic mass is 10.2. The number of amides is 1. The highest BCUT2D eigenvalue weighted by Gasteiger charge is 2.14. The van der Waals surface area contributed by atoms with E-state index in [2.05, 4.69) is 17.5 Å². The van der Waals surface area contributed by atoms with Crippen molar-refractivity contribution in [3.05, 3.63) is 35.4 Å². The minimum Gasteiger partial charge on any atom is -0.392 e. The Labute approximate surface area is 90.3 Å². The van der Waals surface area contributed by atoms with Gasteiger partial charge < -0.3 is 11.1 Å². The van der Waals surface area contributed by atoms with Gasteiger partial charge >= 0.3 is 0 Å². The normalized spacial score (nSPS) is 9.73. The maximum absolute atomic E-state index is 13.1. The summed E-state index contributed by atoms with van der Waals surface area (Å²) in [7, 11) is 0. The molecule has 0 spiro atoms. The van der Waals surface area contributed by atoms with E-state index in [4.69, 9.17) is 5.73 Å². The molecule has 80 valence electrons. The molecule has 0 saturated carbocycles. The van der Waals surface area contributed by atoms with Crippen LogP contribution in [0.25, 0.3) is 0 Å². The predicted octanol–water partition coefficient (Wildman–Crippen LogP) is 0.981. The van der Waals surface area contributed by atoms with Crippen molar-refractivity contribution in [1.29, 1.82) is 0 Å². The summed E-state index contributed by atoms with van der Waals surface area (Å²) in [6.07, 6.45) is 0. The van der Waals surface area contributed by atoms with Crippen molar-refractivity contribution in [2.45, 2.75) is 0 Å². The first-order valence-corrected chi connectivity index (χ1v) is 4.43. The molecule has 3 nitrogen and oxygen atoms in total. The quantitative estimate of drug-likeness (QED) is 0.761. The smallest absolute Gasteiger partial charge is 0.254 e. The Morgan fingerprint density at radius 2 is 2.13 bits per heavy atom. The number of hydrogen-bond acceptors (Lipinski definition) is 2. The standard InChI is InChI=1S/C9H8F2N2OS/c10-6-3-1-2-5(8(6)11)9(14)13-4-7(12)15/h1-3H,4H2,(H2,12,15)(H,13,14). The van der Waals surface area contributed by atoms with Gasteiger partial charge in [0, 0.05) is 0 Å². The summed E-state index contributed by atoms with van der Waals surface area (Å²) in [5.41, 5.74) is 4.77. The number of nitrogens with one attached hydrogen (secondary N) is 1. The number of nitrogens with two attached hydrogens (primary N) is 1. The van der Waals surface area contributed by atoms with Crippen LogP contribution in [0.1, 0.15) is 10.4 Å². The van der Waals surface area contributed by atoms with Crippen molar-refractivity contribution in [3.8, 4) is 0 Å². The van der Waals surface area contributed by atoms with Gasteiger partial charge in [0.2, 0.25) is 0 Å². The molecule has 0 saturated heterocycles. The third-order valence-corrected chi connectivity index (χ3v) is 1.76. The zero-order valence-corrected chi connectivity index (χ0v) is 8.41. The highest BCUT2D eigenvalue weighted by Crippen LogP contribution is 2.10. The van der Waals surface area contributed by atoms with E-state index in [-0.39, 0.29) is 17.1 Å². The van der Waals surface area contributed by atoms with Crippen LogP contribution in [-0.4, -0.2) is 17.4 Å². The summed E-state index contributed by atoms with van der Waals surface area (Å²) in [4.78, 5) is 11.4. The van der Waals surface area contributed by atoms with E-state index in [1.54, 1.807) is 0 Å². The molecule has 15 heavy (non-hydrogen) atoms. The van der Waals surface area contributed by atoms with Crippen LogP contribution in [0.15, 0.2) is 18.2 Å². The van der Waals surface area contributed by atoms with Crippen LogP contribution in [-0.2, 0) is 0 Å². The Bertz CT molecular complexity index is 409. The fourth-order valence-corrected chi connectivity index (χ4v) is 1.01. The average molecular weight is 230 g/mol. The van der Waals surface area contributed by atoms with Crippen molar-refractivity contribution in [2.75, 3.05) is 6.54 Å². The second-order valence-electron chi connectivity index (χ2n) is 2.75. The van der Waals surface area contributed by atoms with Crippen LogP contribution in [0.3, 0.4) is 0 Å². The van der Waals surface area contributed by atoms with Gasteiger partial charge in [-0.3, -0.25) is 4.79 Å². The van der Waals surface area contributed by atoms with E-state index >= 15 is 0 Å². The molecule has 0 aromatic heterocycles. The SMILES string of the molecule is NC(=S)CNC(=O)c1cccc(F)c1F. The maximum atomic E-state index is 13.1. The van der Waals surface area contributed by atoms with E-state index in [0.717, 1.165) is 6.07 Å². The summed E-state index contributed by atoms with van der Waals surface area (Å²) in [5.74, 6) is -3.00. The molecule has 0 fully saturated rings. The second kappa shape index (κ2) is 4.79. The third kappa shape index (κ3) is 2.95. The number of benzene rings is 1. The molecule has 1 amide bonds. The Balaban J connectivity index is 2.82. The lowest BCUT2D eigenvalue weighted by Gasteiger charge is -2.04. The summed E-state index contributed by atoms with van der Waals surface area (Å²) >= 11 is 4.52. The van der Waals surface area contributed by atoms with Gasteiger partial charge in [0.05, 0.1) is 17.1 Å². The number of rotatable bonds is 3. The molecular weight excluding hydrogens is 222 g/mol. The van der Waals surface area contributed by atoms with Gasteiger partial charge in [-0.15, -0.1) is 0 Å². The fraction of sp³-hybridized carbons (Fsp3) is 0.111. The van der Waals surface area contributed by atoms with Gasteiger partial charge in [-0.25, -0.2) is 8.78 Å². The van der Waals surface area contributed by atoms with E-state index in [9.17, 15) is 13.6 Å². The van der Waals surface area contributed by atoms with Crippen molar-refractivity contribution < 1.29 is 13.6 Å². The van der Waals surface area contributed by atoms with Crippen LogP contribution >= 0.6 is 12.2 Å². The Morgan fingerprint density at radius 3 is 2.73 bits per heavy atom. The molecule has 0 aliphatic rings. The maximum Gasteiger partial charge on any atom is 0.254 e. The molecule has 0 heterocycles. The third-order valence-electron chi connectivity index (χ3n) is 1.62. The molecule has 0 bridgehead atoms. The average Bonchev–Trinajstić information content (AvgIpc) is 2.18. The highest BCUT2D eigenvalue weighted by atomic mass is 32.1. The van der Waals surface area contributed by atoms with E-state index in [1.807, 2.05) is 0 Å². The number of carbonyl (C=O) groups is 1. The summed E-state index contributed by atoms with van der Waals surface area (Å²) in [6, 6.07) is 3.35. The fourth-order valence-electron chi connectivity index (χ4n) is 0.942. The Hall–Kier alpha value is -1.56. The first-order chi connectivity index (χ1) is 7.02. The minimum atomic E-state index is -1.18. The van der Waals surface area contributed by atoms with Crippen LogP contribution < -0.4 is 11.1 Å². The monoisotopic (exact) mass is 230 g/mol. The molecule has 3 N–H and O–H groups in total. The first-order valence-electron chi connectivity index (χ1n) is 4.03. The van der Waals surface area contributed by atoms with Crippen LogP contribution in [0, 0.1) is 11.6 Å². The van der Waals surface area contributed by atoms with Gasteiger partial charge in [-0.05, 0) is 12.1 Å². The predicted molar refractivity (Wildman–Crippen MR) is 55.5 cm³/mol. The number of hydrogen-bond donors (Lipinski definition) is 2. The molecule has 0 aliphatic carbocycles. The minimum absolute atomic E-state index is 0.0515. The molecule has 1 rings (SSSR count). The molecule has 0 atom stereocenters. The zero-order valence-electron chi connectivity index (χ0n) is 7.59. The van der Waals surface area contributed by atoms with Crippen molar-refractivity contribution in [1.82, 2.24) is 5.32 Å². The Kier molecular flexibility index (Phi) is 3.68. The molecular formula is C9H8F2N2OS. The van der Waals surface area contributed by atoms with Crippen molar-refractivity contribution in [2.24, 2.45) is 5.73 Å². The zero-order chi connectivity index (χ0) is 11.4. The van der Waals surface area contributed by atoms with Crippen molar-refractivity contribution in [3.63, 3.8) is 0 Å². The topological polar surface area (TPSA) is 55.1 Å². The van der Waals surface area contributed by atoms with Gasteiger partial charge in [0.15, 0.2) is 11.6 Å². The largest absolute Gasteiger partial charge is 0.392 e. The van der Waals surface area contributed by atoms with E-state index < -0.39 is 17.5 Å². The summed E-state index contributed by atoms with van der Waals surface area (Å²) < 4.78 is 25.8. The van der Waals surface area contributed by atoms with E-state index in [0.29, 0.717) is 0 Å². The van der Waals surface area contributed by atoms with Crippen molar-refractivity contribution >= 4 is 23.1 Å². The lowest BCUT2D eigenvalue weighted by molar-refractivity contribution is 0.0954. The summed E-state index contributed by atoms with van der Waals surface area (Å²) in [5, 5.41) is 2.25. The molecule has 0 aliphatic heterocycles. The second-order valence-corrected chi connectivity index (χ2v) is 3.27. The summed E-state index contributed by atoms with van der Waals surface area (Å²) in [6.45, 7) is -0.0515. The Morgan fingerprint density at radius 1 is 1.47 bits per heavy atom. The van der Waals surface area contributed by atoms with Gasteiger partial charge in [0.1, 0.15) is 0 Å².